The van der Waals surface area contributed by atoms with Gasteiger partial charge in [-0.25, -0.2) is 16.8 Å². The van der Waals surface area contributed by atoms with Crippen molar-refractivity contribution in [3.05, 3.63) is 0 Å². The highest BCUT2D eigenvalue weighted by atomic mass is 32.3. The van der Waals surface area contributed by atoms with Crippen LogP contribution in [0.2, 0.25) is 0 Å². The lowest BCUT2D eigenvalue weighted by Crippen LogP contribution is -2.52. The second-order valence-corrected chi connectivity index (χ2v) is 9.41. The van der Waals surface area contributed by atoms with Gasteiger partial charge in [0.25, 0.3) is 0 Å². The van der Waals surface area contributed by atoms with Gasteiger partial charge in [0.1, 0.15) is 0 Å². The van der Waals surface area contributed by atoms with Crippen molar-refractivity contribution in [2.24, 2.45) is 0 Å². The molecule has 19 heavy (non-hydrogen) atoms. The fourth-order valence-electron chi connectivity index (χ4n) is 0.902. The summed E-state index contributed by atoms with van der Waals surface area (Å²) >= 11 is 0. The van der Waals surface area contributed by atoms with Crippen LogP contribution in [0.15, 0.2) is 0 Å². The van der Waals surface area contributed by atoms with Crippen molar-refractivity contribution in [3.63, 3.8) is 0 Å². The van der Waals surface area contributed by atoms with Gasteiger partial charge >= 0.3 is 10.2 Å². The first kappa shape index (κ1) is 18.7. The Labute approximate surface area is 114 Å². The molecule has 12 heteroatoms. The molecular formula is C7H19N3O6S3. The zero-order valence-electron chi connectivity index (χ0n) is 10.9. The van der Waals surface area contributed by atoms with Crippen LogP contribution in [-0.4, -0.2) is 47.7 Å². The van der Waals surface area contributed by atoms with Crippen LogP contribution in [0.25, 0.3) is 0 Å². The molecule has 0 saturated carbocycles. The maximum Gasteiger partial charge on any atom is 0.306 e. The predicted molar refractivity (Wildman–Crippen MR) is 71.1 cm³/mol. The van der Waals surface area contributed by atoms with E-state index in [0.717, 1.165) is 0 Å². The van der Waals surface area contributed by atoms with Crippen molar-refractivity contribution in [2.75, 3.05) is 18.1 Å². The molecule has 0 fully saturated rings. The third-order valence-corrected chi connectivity index (χ3v) is 6.80. The van der Waals surface area contributed by atoms with E-state index in [4.69, 9.17) is 0 Å². The van der Waals surface area contributed by atoms with E-state index in [2.05, 4.69) is 0 Å². The second kappa shape index (κ2) is 6.95. The van der Waals surface area contributed by atoms with Crippen LogP contribution in [0.4, 0.5) is 0 Å². The average molecular weight is 337 g/mol. The molecule has 2 N–H and O–H groups in total. The third kappa shape index (κ3) is 6.63. The summed E-state index contributed by atoms with van der Waals surface area (Å²) in [6.45, 7) is 4.03. The summed E-state index contributed by atoms with van der Waals surface area (Å²) in [5.74, 6) is -0.768. The highest BCUT2D eigenvalue weighted by Gasteiger charge is 2.29. The van der Waals surface area contributed by atoms with Crippen molar-refractivity contribution >= 4 is 30.3 Å². The average Bonchev–Trinajstić information content (AvgIpc) is 2.27. The standard InChI is InChI=1S/C7H19N3O6S3/c1-4-7-10(8-17(11,12)5-2)19(15,16)9-18(13,14)6-3/h8-9H,4-7H2,1-3H3. The highest BCUT2D eigenvalue weighted by molar-refractivity contribution is 8.03. The zero-order chi connectivity index (χ0) is 15.3. The van der Waals surface area contributed by atoms with Gasteiger partial charge in [-0.2, -0.15) is 8.42 Å². The van der Waals surface area contributed by atoms with E-state index in [0.29, 0.717) is 10.8 Å². The lowest BCUT2D eigenvalue weighted by atomic mass is 10.5. The van der Waals surface area contributed by atoms with Crippen LogP contribution in [0.3, 0.4) is 0 Å². The topological polar surface area (TPSA) is 130 Å². The summed E-state index contributed by atoms with van der Waals surface area (Å²) in [6, 6.07) is 0. The SMILES string of the molecule is CCCN(NS(=O)(=O)CC)S(=O)(=O)NS(=O)(=O)CC. The quantitative estimate of drug-likeness (QED) is 0.505. The van der Waals surface area contributed by atoms with E-state index >= 15 is 0 Å². The normalized spacial score (nSPS) is 13.9. The van der Waals surface area contributed by atoms with Gasteiger partial charge in [-0.15, -0.1) is 9.25 Å². The maximum atomic E-state index is 11.8. The Hall–Kier alpha value is -0.270. The fraction of sp³-hybridized carbons (Fsp3) is 1.00. The first-order valence-electron chi connectivity index (χ1n) is 5.53. The molecule has 0 aliphatic rings. The molecule has 0 atom stereocenters. The van der Waals surface area contributed by atoms with E-state index in [-0.39, 0.29) is 12.3 Å². The molecule has 0 spiro atoms. The Bertz CT molecular complexity index is 580. The van der Waals surface area contributed by atoms with Crippen LogP contribution >= 0.6 is 0 Å². The largest absolute Gasteiger partial charge is 0.306 e. The summed E-state index contributed by atoms with van der Waals surface area (Å²) in [5, 5.41) is 0. The van der Waals surface area contributed by atoms with E-state index < -0.39 is 36.0 Å². The maximum absolute atomic E-state index is 11.8. The number of rotatable bonds is 9. The second-order valence-electron chi connectivity index (χ2n) is 3.56. The summed E-state index contributed by atoms with van der Waals surface area (Å²) < 4.78 is 70.7. The summed E-state index contributed by atoms with van der Waals surface area (Å²) in [7, 11) is -12.3. The molecular weight excluding hydrogens is 318 g/mol. The molecule has 0 aromatic carbocycles. The lowest BCUT2D eigenvalue weighted by molar-refractivity contribution is 0.374. The molecule has 0 amide bonds. The molecule has 0 aromatic rings. The van der Waals surface area contributed by atoms with Crippen molar-refractivity contribution in [3.8, 4) is 0 Å². The molecule has 0 aliphatic heterocycles. The molecule has 0 aromatic heterocycles. The first-order chi connectivity index (χ1) is 8.49. The van der Waals surface area contributed by atoms with Crippen molar-refractivity contribution < 1.29 is 25.3 Å². The smallest absolute Gasteiger partial charge is 0.211 e. The Kier molecular flexibility index (Phi) is 6.85. The monoisotopic (exact) mass is 337 g/mol. The highest BCUT2D eigenvalue weighted by Crippen LogP contribution is 2.01. The number of sulfonamides is 2. The molecule has 0 unspecified atom stereocenters. The molecule has 0 rings (SSSR count). The van der Waals surface area contributed by atoms with Gasteiger partial charge in [-0.05, 0) is 20.3 Å². The summed E-state index contributed by atoms with van der Waals surface area (Å²) in [6.07, 6.45) is 0.305. The van der Waals surface area contributed by atoms with Gasteiger partial charge < -0.3 is 0 Å². The number of nitrogens with one attached hydrogen (secondary N) is 2. The molecule has 0 saturated heterocycles. The number of hydrogen-bond donors (Lipinski definition) is 2. The Morgan fingerprint density at radius 2 is 1.32 bits per heavy atom. The van der Waals surface area contributed by atoms with Gasteiger partial charge in [-0.3, -0.25) is 0 Å². The number of hydrazine groups is 1. The van der Waals surface area contributed by atoms with E-state index in [9.17, 15) is 25.3 Å². The van der Waals surface area contributed by atoms with Gasteiger partial charge in [0.15, 0.2) is 0 Å². The Morgan fingerprint density at radius 3 is 1.68 bits per heavy atom. The van der Waals surface area contributed by atoms with Crippen LogP contribution < -0.4 is 8.96 Å². The Morgan fingerprint density at radius 1 is 0.842 bits per heavy atom. The predicted octanol–water partition coefficient (Wildman–Crippen LogP) is -1.26. The molecule has 116 valence electrons. The van der Waals surface area contributed by atoms with Crippen molar-refractivity contribution in [1.29, 1.82) is 0 Å². The van der Waals surface area contributed by atoms with E-state index in [1.54, 1.807) is 6.92 Å². The van der Waals surface area contributed by atoms with Gasteiger partial charge in [0, 0.05) is 6.54 Å². The molecule has 0 bridgehead atoms. The zero-order valence-corrected chi connectivity index (χ0v) is 13.4. The van der Waals surface area contributed by atoms with Crippen LogP contribution in [0.1, 0.15) is 27.2 Å². The fourth-order valence-corrected chi connectivity index (χ4v) is 4.70. The summed E-state index contributed by atoms with van der Waals surface area (Å²) in [4.78, 5) is 1.82. The minimum absolute atomic E-state index is 0.187. The van der Waals surface area contributed by atoms with Gasteiger partial charge in [0.05, 0.1) is 11.5 Å². The van der Waals surface area contributed by atoms with Gasteiger partial charge in [0.2, 0.25) is 20.0 Å². The van der Waals surface area contributed by atoms with Crippen LogP contribution in [-0.2, 0) is 30.3 Å². The van der Waals surface area contributed by atoms with Crippen molar-refractivity contribution in [2.45, 2.75) is 27.2 Å². The molecule has 0 heterocycles. The van der Waals surface area contributed by atoms with Crippen LogP contribution in [0, 0.1) is 0 Å². The summed E-state index contributed by atoms with van der Waals surface area (Å²) in [5.41, 5.74) is 0. The molecule has 9 nitrogen and oxygen atoms in total. The van der Waals surface area contributed by atoms with Gasteiger partial charge in [-0.1, -0.05) is 11.1 Å². The first-order valence-corrected chi connectivity index (χ1v) is 10.3. The van der Waals surface area contributed by atoms with E-state index in [1.807, 2.05) is 4.83 Å². The molecule has 0 aliphatic carbocycles. The number of hydrogen-bond acceptors (Lipinski definition) is 6. The van der Waals surface area contributed by atoms with Crippen molar-refractivity contribution in [1.82, 2.24) is 13.4 Å². The van der Waals surface area contributed by atoms with E-state index in [1.165, 1.54) is 18.0 Å². The minimum atomic E-state index is -4.49. The molecule has 0 radical (unpaired) electrons. The number of nitrogens with zero attached hydrogens (tertiary/aromatic N) is 1. The minimum Gasteiger partial charge on any atom is -0.211 e. The third-order valence-electron chi connectivity index (χ3n) is 1.95. The lowest BCUT2D eigenvalue weighted by Gasteiger charge is -2.21. The van der Waals surface area contributed by atoms with Crippen LogP contribution in [0.5, 0.6) is 0 Å². The Balaban J connectivity index is 5.29.